The molecule has 0 saturated carbocycles. The predicted octanol–water partition coefficient (Wildman–Crippen LogP) is 2.26. The fraction of sp³-hybridized carbons (Fsp3) is 1.00. The van der Waals surface area contributed by atoms with Crippen LogP contribution in [0.4, 0.5) is 0 Å². The molecule has 0 nitrogen and oxygen atoms in total. The van der Waals surface area contributed by atoms with Crippen molar-refractivity contribution in [1.82, 2.24) is 0 Å². The van der Waals surface area contributed by atoms with Gasteiger partial charge in [-0.05, 0) is 0 Å². The van der Waals surface area contributed by atoms with Crippen LogP contribution in [0.15, 0.2) is 0 Å². The second-order valence-electron chi connectivity index (χ2n) is 2.07. The molecule has 2 heteroatoms. The van der Waals surface area contributed by atoms with Crippen molar-refractivity contribution in [1.29, 1.82) is 0 Å². The van der Waals surface area contributed by atoms with E-state index in [-0.39, 0.29) is 0 Å². The molecule has 0 N–H and O–H groups in total. The van der Waals surface area contributed by atoms with E-state index in [1.165, 1.54) is 0 Å². The Morgan fingerprint density at radius 1 is 1.20 bits per heavy atom. The average molecular weight is 379 g/mol. The van der Waals surface area contributed by atoms with E-state index in [2.05, 4.69) is 31.2 Å². The van der Waals surface area contributed by atoms with Gasteiger partial charge < -0.3 is 0 Å². The molecule has 0 bridgehead atoms. The zero-order chi connectivity index (χ0) is 4.50. The van der Waals surface area contributed by atoms with E-state index in [0.29, 0.717) is 0 Å². The molecule has 0 aliphatic rings. The van der Waals surface area contributed by atoms with Gasteiger partial charge in [0.15, 0.2) is 0 Å². The van der Waals surface area contributed by atoms with Crippen molar-refractivity contribution in [3.05, 3.63) is 0 Å². The van der Waals surface area contributed by atoms with E-state index in [1.54, 1.807) is 0 Å². The molecule has 0 heterocycles. The van der Waals surface area contributed by atoms with E-state index >= 15 is 0 Å². The Bertz CT molecular complexity index is 22.4. The molecule has 0 fully saturated rings. The van der Waals surface area contributed by atoms with Crippen LogP contribution in [0.2, 0.25) is 13.4 Å². The van der Waals surface area contributed by atoms with Crippen molar-refractivity contribution in [2.45, 2.75) is 13.4 Å². The van der Waals surface area contributed by atoms with Gasteiger partial charge in [-0.2, -0.15) is 0 Å². The number of rotatable bonds is 0. The van der Waals surface area contributed by atoms with Crippen LogP contribution in [-0.4, -0.2) is 16.9 Å². The normalized spacial score (nSPS) is 12.0. The molecular formula is C3H9IPb. The molecule has 5 heavy (non-hydrogen) atoms. The molecule has 0 rings (SSSR count). The van der Waals surface area contributed by atoms with E-state index in [4.69, 9.17) is 0 Å². The first-order valence-electron chi connectivity index (χ1n) is 1.69. The summed E-state index contributed by atoms with van der Waals surface area (Å²) >= 11 is 1.29. The SMILES string of the molecule is [CH3][Pb]([CH3])([CH3])[I]. The fourth-order valence-electron chi connectivity index (χ4n) is 0. The molecular weight excluding hydrogens is 370 g/mol. The Balaban J connectivity index is 3.02. The van der Waals surface area contributed by atoms with Crippen LogP contribution in [0.5, 0.6) is 0 Å². The molecule has 0 atom stereocenters. The molecule has 0 radical (unpaired) electrons. The van der Waals surface area contributed by atoms with Crippen molar-refractivity contribution < 1.29 is 0 Å². The number of halogens is 1. The Labute approximate surface area is 47.4 Å². The molecule has 0 aliphatic heterocycles. The standard InChI is InChI=1S/3CH3.HI.Pb/h3*1H3;1H;/q;;;;+1/p-1. The third kappa shape index (κ3) is 27.6. The van der Waals surface area contributed by atoms with Crippen LogP contribution in [0.3, 0.4) is 0 Å². The first-order chi connectivity index (χ1) is 2.00. The second-order valence-corrected chi connectivity index (χ2v) is 46.5. The van der Waals surface area contributed by atoms with Crippen LogP contribution >= 0.6 is 17.8 Å². The summed E-state index contributed by atoms with van der Waals surface area (Å²) < 4.78 is 7.19. The summed E-state index contributed by atoms with van der Waals surface area (Å²) in [4.78, 5) is 0. The zero-order valence-corrected chi connectivity index (χ0v) is 9.92. The molecule has 0 saturated heterocycles. The van der Waals surface area contributed by atoms with Crippen LogP contribution in [-0.2, 0) is 0 Å². The van der Waals surface area contributed by atoms with Crippen LogP contribution < -0.4 is 0 Å². The summed E-state index contributed by atoms with van der Waals surface area (Å²) in [5.74, 6) is 0. The number of hydrogen-bond acceptors (Lipinski definition) is 0. The van der Waals surface area contributed by atoms with Crippen molar-refractivity contribution in [2.75, 3.05) is 0 Å². The van der Waals surface area contributed by atoms with Gasteiger partial charge in [0.2, 0.25) is 0 Å². The van der Waals surface area contributed by atoms with Gasteiger partial charge >= 0.3 is 48.1 Å². The van der Waals surface area contributed by atoms with Crippen molar-refractivity contribution in [3.63, 3.8) is 0 Å². The quantitative estimate of drug-likeness (QED) is 0.448. The topological polar surface area (TPSA) is 0 Å². The van der Waals surface area contributed by atoms with Gasteiger partial charge in [0.25, 0.3) is 0 Å². The molecule has 0 spiro atoms. The Kier molecular flexibility index (Phi) is 2.78. The molecule has 0 aromatic carbocycles. The van der Waals surface area contributed by atoms with Gasteiger partial charge in [-0.3, -0.25) is 0 Å². The summed E-state index contributed by atoms with van der Waals surface area (Å²) in [6, 6.07) is 0. The first kappa shape index (κ1) is 6.65. The molecule has 0 amide bonds. The van der Waals surface area contributed by atoms with Gasteiger partial charge in [-0.25, -0.2) is 0 Å². The Morgan fingerprint density at radius 2 is 1.20 bits per heavy atom. The van der Waals surface area contributed by atoms with Gasteiger partial charge in [0, 0.05) is 0 Å². The maximum atomic E-state index is 2.60. The summed E-state index contributed by atoms with van der Waals surface area (Å²) in [6.07, 6.45) is 0. The van der Waals surface area contributed by atoms with Crippen LogP contribution in [0.1, 0.15) is 0 Å². The molecule has 0 aromatic rings. The van der Waals surface area contributed by atoms with Crippen LogP contribution in [0.25, 0.3) is 0 Å². The Morgan fingerprint density at radius 3 is 1.20 bits per heavy atom. The molecule has 0 unspecified atom stereocenters. The van der Waals surface area contributed by atoms with Crippen LogP contribution in [0, 0.1) is 0 Å². The average Bonchev–Trinajstić information content (AvgIpc) is 0.722. The van der Waals surface area contributed by atoms with Crippen molar-refractivity contribution >= 4 is 34.6 Å². The predicted molar refractivity (Wildman–Crippen MR) is 37.4 cm³/mol. The summed E-state index contributed by atoms with van der Waals surface area (Å²) in [5, 5.41) is 0. The van der Waals surface area contributed by atoms with Gasteiger partial charge in [-0.1, -0.05) is 0 Å². The molecule has 32 valence electrons. The Hall–Kier alpha value is 1.65. The monoisotopic (exact) mass is 380 g/mol. The van der Waals surface area contributed by atoms with Gasteiger partial charge in [-0.15, -0.1) is 0 Å². The number of hydrogen-bond donors (Lipinski definition) is 0. The van der Waals surface area contributed by atoms with Crippen molar-refractivity contribution in [3.8, 4) is 0 Å². The van der Waals surface area contributed by atoms with Gasteiger partial charge in [0.1, 0.15) is 0 Å². The third-order valence-electron chi connectivity index (χ3n) is 0. The molecule has 0 aliphatic carbocycles. The maximum absolute atomic E-state index is 2.60. The van der Waals surface area contributed by atoms with E-state index < -0.39 is 16.9 Å². The van der Waals surface area contributed by atoms with E-state index in [1.807, 2.05) is 0 Å². The second kappa shape index (κ2) is 2.09. The summed E-state index contributed by atoms with van der Waals surface area (Å²) in [6.45, 7) is 0. The summed E-state index contributed by atoms with van der Waals surface area (Å²) in [5.41, 5.74) is 0. The first-order valence-corrected chi connectivity index (χ1v) is 24.3. The van der Waals surface area contributed by atoms with E-state index in [0.717, 1.165) is 0 Å². The summed E-state index contributed by atoms with van der Waals surface area (Å²) in [7, 11) is 0. The minimum absolute atomic E-state index is 1.31. The fourth-order valence-corrected chi connectivity index (χ4v) is 0. The van der Waals surface area contributed by atoms with Gasteiger partial charge in [0.05, 0.1) is 0 Å². The third-order valence-corrected chi connectivity index (χ3v) is 0. The minimum atomic E-state index is -1.31. The van der Waals surface area contributed by atoms with E-state index in [9.17, 15) is 0 Å². The molecule has 0 aromatic heterocycles. The van der Waals surface area contributed by atoms with Crippen molar-refractivity contribution in [2.24, 2.45) is 0 Å². The zero-order valence-electron chi connectivity index (χ0n) is 3.88.